The summed E-state index contributed by atoms with van der Waals surface area (Å²) in [5, 5.41) is 3.16. The van der Waals surface area contributed by atoms with Gasteiger partial charge in [-0.1, -0.05) is 12.1 Å². The van der Waals surface area contributed by atoms with Crippen molar-refractivity contribution in [3.8, 4) is 0 Å². The predicted molar refractivity (Wildman–Crippen MR) is 71.2 cm³/mol. The summed E-state index contributed by atoms with van der Waals surface area (Å²) in [6.45, 7) is 2.47. The van der Waals surface area contributed by atoms with Crippen LogP contribution < -0.4 is 5.32 Å². The number of hydrogen-bond acceptors (Lipinski definition) is 2. The van der Waals surface area contributed by atoms with E-state index in [1.165, 1.54) is 12.1 Å². The molecule has 3 rings (SSSR count). The first kappa shape index (κ1) is 14.4. The smallest absolute Gasteiger partial charge is 0.321 e. The van der Waals surface area contributed by atoms with E-state index in [0.29, 0.717) is 18.0 Å². The van der Waals surface area contributed by atoms with Crippen molar-refractivity contribution in [2.75, 3.05) is 6.54 Å². The third-order valence-corrected chi connectivity index (χ3v) is 4.08. The van der Waals surface area contributed by atoms with Crippen LogP contribution in [-0.2, 0) is 11.0 Å². The highest BCUT2D eigenvalue weighted by molar-refractivity contribution is 5.84. The Morgan fingerprint density at radius 3 is 2.38 bits per heavy atom. The van der Waals surface area contributed by atoms with Gasteiger partial charge in [0.05, 0.1) is 11.6 Å². The molecule has 3 nitrogen and oxygen atoms in total. The lowest BCUT2D eigenvalue weighted by Crippen LogP contribution is -2.32. The standard InChI is InChI=1S/C15H17F3N2O/c1-9-14(21)20(8-10-2-3-10)13(19-9)11-4-6-12(7-5-11)15(16,17)18/h4-7,9-10,13,19H,2-3,8H2,1H3. The lowest BCUT2D eigenvalue weighted by molar-refractivity contribution is -0.137. The van der Waals surface area contributed by atoms with Gasteiger partial charge >= 0.3 is 6.18 Å². The van der Waals surface area contributed by atoms with Gasteiger partial charge in [0.15, 0.2) is 0 Å². The lowest BCUT2D eigenvalue weighted by atomic mass is 10.1. The molecule has 1 amide bonds. The maximum Gasteiger partial charge on any atom is 0.416 e. The van der Waals surface area contributed by atoms with Crippen LogP contribution in [0.25, 0.3) is 0 Å². The summed E-state index contributed by atoms with van der Waals surface area (Å²) in [4.78, 5) is 13.9. The van der Waals surface area contributed by atoms with E-state index in [2.05, 4.69) is 5.32 Å². The molecule has 2 atom stereocenters. The zero-order valence-corrected chi connectivity index (χ0v) is 11.7. The maximum atomic E-state index is 12.6. The van der Waals surface area contributed by atoms with E-state index in [4.69, 9.17) is 0 Å². The molecule has 114 valence electrons. The molecule has 1 aliphatic carbocycles. The number of carbonyl (C=O) groups excluding carboxylic acids is 1. The number of amides is 1. The first-order valence-electron chi connectivity index (χ1n) is 7.10. The lowest BCUT2D eigenvalue weighted by Gasteiger charge is -2.24. The summed E-state index contributed by atoms with van der Waals surface area (Å²) in [6, 6.07) is 4.74. The molecule has 0 aromatic heterocycles. The number of hydrogen-bond donors (Lipinski definition) is 1. The predicted octanol–water partition coefficient (Wildman–Crippen LogP) is 2.93. The highest BCUT2D eigenvalue weighted by Crippen LogP contribution is 2.35. The third kappa shape index (κ3) is 2.90. The molecular weight excluding hydrogens is 281 g/mol. The van der Waals surface area contributed by atoms with Gasteiger partial charge in [-0.3, -0.25) is 10.1 Å². The van der Waals surface area contributed by atoms with E-state index in [1.807, 2.05) is 0 Å². The minimum Gasteiger partial charge on any atom is -0.321 e. The van der Waals surface area contributed by atoms with Crippen molar-refractivity contribution < 1.29 is 18.0 Å². The van der Waals surface area contributed by atoms with Gasteiger partial charge in [0.1, 0.15) is 6.17 Å². The van der Waals surface area contributed by atoms with Gasteiger partial charge in [-0.2, -0.15) is 13.2 Å². The Morgan fingerprint density at radius 2 is 1.86 bits per heavy atom. The summed E-state index contributed by atoms with van der Waals surface area (Å²) in [5.74, 6) is 0.560. The Labute approximate surface area is 121 Å². The fourth-order valence-electron chi connectivity index (χ4n) is 2.68. The first-order chi connectivity index (χ1) is 9.86. The van der Waals surface area contributed by atoms with Gasteiger partial charge in [-0.15, -0.1) is 0 Å². The molecule has 0 radical (unpaired) electrons. The van der Waals surface area contributed by atoms with Gasteiger partial charge in [-0.05, 0) is 43.4 Å². The van der Waals surface area contributed by atoms with E-state index in [9.17, 15) is 18.0 Å². The highest BCUT2D eigenvalue weighted by atomic mass is 19.4. The van der Waals surface area contributed by atoms with Crippen molar-refractivity contribution in [3.05, 3.63) is 35.4 Å². The zero-order valence-electron chi connectivity index (χ0n) is 11.7. The van der Waals surface area contributed by atoms with Crippen LogP contribution in [0.2, 0.25) is 0 Å². The minimum absolute atomic E-state index is 0.0202. The fraction of sp³-hybridized carbons (Fsp3) is 0.533. The largest absolute Gasteiger partial charge is 0.416 e. The molecule has 1 heterocycles. The van der Waals surface area contributed by atoms with Crippen molar-refractivity contribution >= 4 is 5.91 Å². The van der Waals surface area contributed by atoms with E-state index in [-0.39, 0.29) is 18.1 Å². The van der Waals surface area contributed by atoms with Crippen molar-refractivity contribution in [1.29, 1.82) is 0 Å². The average Bonchev–Trinajstić information content (AvgIpc) is 3.20. The molecule has 1 aromatic carbocycles. The molecule has 1 saturated heterocycles. The molecule has 2 fully saturated rings. The van der Waals surface area contributed by atoms with Crippen LogP contribution in [0.3, 0.4) is 0 Å². The molecule has 1 aliphatic heterocycles. The molecule has 6 heteroatoms. The van der Waals surface area contributed by atoms with E-state index < -0.39 is 11.7 Å². The molecule has 2 aliphatic rings. The number of alkyl halides is 3. The summed E-state index contributed by atoms with van der Waals surface area (Å²) in [6.07, 6.45) is -2.41. The molecular formula is C15H17F3N2O. The Bertz CT molecular complexity index is 537. The molecule has 1 aromatic rings. The van der Waals surface area contributed by atoms with Crippen molar-refractivity contribution in [3.63, 3.8) is 0 Å². The van der Waals surface area contributed by atoms with Crippen LogP contribution in [-0.4, -0.2) is 23.4 Å². The number of rotatable bonds is 3. The molecule has 2 unspecified atom stereocenters. The highest BCUT2D eigenvalue weighted by Gasteiger charge is 2.40. The SMILES string of the molecule is CC1NC(c2ccc(C(F)(F)F)cc2)N(CC2CC2)C1=O. The molecule has 1 saturated carbocycles. The number of benzene rings is 1. The molecule has 21 heavy (non-hydrogen) atoms. The number of carbonyl (C=O) groups is 1. The maximum absolute atomic E-state index is 12.6. The number of halogens is 3. The Balaban J connectivity index is 1.82. The van der Waals surface area contributed by atoms with Gasteiger partial charge < -0.3 is 4.90 Å². The Kier molecular flexibility index (Phi) is 3.43. The quantitative estimate of drug-likeness (QED) is 0.930. The second kappa shape index (κ2) is 5.02. The third-order valence-electron chi connectivity index (χ3n) is 4.08. The van der Waals surface area contributed by atoms with Crippen LogP contribution in [0, 0.1) is 5.92 Å². The number of nitrogens with one attached hydrogen (secondary N) is 1. The zero-order chi connectivity index (χ0) is 15.2. The minimum atomic E-state index is -4.33. The normalized spacial score (nSPS) is 26.5. The van der Waals surface area contributed by atoms with Crippen LogP contribution in [0.4, 0.5) is 13.2 Å². The average molecular weight is 298 g/mol. The van der Waals surface area contributed by atoms with Crippen LogP contribution in [0.15, 0.2) is 24.3 Å². The number of nitrogens with zero attached hydrogens (tertiary/aromatic N) is 1. The van der Waals surface area contributed by atoms with Crippen molar-refractivity contribution in [2.24, 2.45) is 5.92 Å². The van der Waals surface area contributed by atoms with E-state index in [0.717, 1.165) is 25.0 Å². The van der Waals surface area contributed by atoms with Gasteiger partial charge in [0.2, 0.25) is 5.91 Å². The molecule has 0 spiro atoms. The molecule has 0 bridgehead atoms. The topological polar surface area (TPSA) is 32.3 Å². The summed E-state index contributed by atoms with van der Waals surface area (Å²) in [5.41, 5.74) is 0.0266. The Morgan fingerprint density at radius 1 is 1.24 bits per heavy atom. The van der Waals surface area contributed by atoms with Crippen LogP contribution in [0.1, 0.15) is 37.1 Å². The second-order valence-corrected chi connectivity index (χ2v) is 5.84. The van der Waals surface area contributed by atoms with Crippen molar-refractivity contribution in [1.82, 2.24) is 10.2 Å². The van der Waals surface area contributed by atoms with Crippen molar-refractivity contribution in [2.45, 2.75) is 38.1 Å². The summed E-state index contributed by atoms with van der Waals surface area (Å²) in [7, 11) is 0. The van der Waals surface area contributed by atoms with Gasteiger partial charge in [-0.25, -0.2) is 0 Å². The van der Waals surface area contributed by atoms with E-state index in [1.54, 1.807) is 11.8 Å². The molecule has 1 N–H and O–H groups in total. The second-order valence-electron chi connectivity index (χ2n) is 5.84. The first-order valence-corrected chi connectivity index (χ1v) is 7.10. The van der Waals surface area contributed by atoms with Crippen LogP contribution >= 0.6 is 0 Å². The summed E-state index contributed by atoms with van der Waals surface area (Å²) < 4.78 is 37.8. The van der Waals surface area contributed by atoms with E-state index >= 15 is 0 Å². The monoisotopic (exact) mass is 298 g/mol. The summed E-state index contributed by atoms with van der Waals surface area (Å²) >= 11 is 0. The Hall–Kier alpha value is -1.56. The van der Waals surface area contributed by atoms with Crippen LogP contribution in [0.5, 0.6) is 0 Å². The van der Waals surface area contributed by atoms with Gasteiger partial charge in [0, 0.05) is 6.54 Å². The van der Waals surface area contributed by atoms with Gasteiger partial charge in [0.25, 0.3) is 0 Å². The fourth-order valence-corrected chi connectivity index (χ4v) is 2.68.